The van der Waals surface area contributed by atoms with E-state index < -0.39 is 0 Å². The topological polar surface area (TPSA) is 57.9 Å². The Morgan fingerprint density at radius 2 is 2.44 bits per heavy atom. The van der Waals surface area contributed by atoms with E-state index in [0.29, 0.717) is 11.9 Å². The fraction of sp³-hybridized carbons (Fsp3) is 0.750. The van der Waals surface area contributed by atoms with Crippen molar-refractivity contribution in [3.8, 4) is 0 Å². The fourth-order valence-corrected chi connectivity index (χ4v) is 2.53. The van der Waals surface area contributed by atoms with Crippen LogP contribution in [-0.2, 0) is 6.42 Å². The molecule has 1 aliphatic heterocycles. The largest absolute Gasteiger partial charge is 0.382 e. The summed E-state index contributed by atoms with van der Waals surface area (Å²) in [7, 11) is 0. The van der Waals surface area contributed by atoms with Crippen LogP contribution in [0.25, 0.3) is 0 Å². The number of aromatic amines is 1. The predicted molar refractivity (Wildman–Crippen MR) is 66.1 cm³/mol. The first kappa shape index (κ1) is 11.5. The van der Waals surface area contributed by atoms with Gasteiger partial charge in [0.15, 0.2) is 0 Å². The highest BCUT2D eigenvalue weighted by molar-refractivity contribution is 5.28. The minimum absolute atomic E-state index is 0.603. The van der Waals surface area contributed by atoms with Crippen molar-refractivity contribution >= 4 is 5.82 Å². The smallest absolute Gasteiger partial charge is 0.145 e. The molecule has 1 unspecified atom stereocenters. The van der Waals surface area contributed by atoms with E-state index in [9.17, 15) is 0 Å². The molecule has 1 saturated heterocycles. The molecule has 90 valence electrons. The number of piperidine rings is 1. The zero-order valence-corrected chi connectivity index (χ0v) is 10.2. The van der Waals surface area contributed by atoms with Crippen molar-refractivity contribution < 1.29 is 0 Å². The molecule has 1 aromatic heterocycles. The summed E-state index contributed by atoms with van der Waals surface area (Å²) < 4.78 is 0. The molecule has 0 saturated carbocycles. The Kier molecular flexibility index (Phi) is 3.49. The van der Waals surface area contributed by atoms with Crippen molar-refractivity contribution in [1.82, 2.24) is 15.1 Å². The van der Waals surface area contributed by atoms with Crippen molar-refractivity contribution in [1.29, 1.82) is 0 Å². The molecule has 0 aliphatic carbocycles. The number of hydrogen-bond donors (Lipinski definition) is 2. The van der Waals surface area contributed by atoms with Gasteiger partial charge >= 0.3 is 0 Å². The SMILES string of the molecule is CC(C)N1CCCC(Cc2cc(N)n[nH]2)C1. The molecular weight excluding hydrogens is 200 g/mol. The maximum absolute atomic E-state index is 5.61. The molecule has 1 fully saturated rings. The van der Waals surface area contributed by atoms with E-state index in [0.717, 1.165) is 12.3 Å². The quantitative estimate of drug-likeness (QED) is 0.817. The molecule has 0 radical (unpaired) electrons. The average molecular weight is 222 g/mol. The number of hydrogen-bond acceptors (Lipinski definition) is 3. The van der Waals surface area contributed by atoms with Crippen LogP contribution in [0.5, 0.6) is 0 Å². The average Bonchev–Trinajstić information content (AvgIpc) is 2.64. The van der Waals surface area contributed by atoms with Crippen LogP contribution in [0.1, 0.15) is 32.4 Å². The zero-order chi connectivity index (χ0) is 11.5. The lowest BCUT2D eigenvalue weighted by Crippen LogP contribution is -2.40. The third-order valence-electron chi connectivity index (χ3n) is 3.44. The van der Waals surface area contributed by atoms with Crippen LogP contribution >= 0.6 is 0 Å². The molecule has 1 aromatic rings. The van der Waals surface area contributed by atoms with Gasteiger partial charge in [-0.1, -0.05) is 0 Å². The third kappa shape index (κ3) is 2.76. The van der Waals surface area contributed by atoms with Crippen LogP contribution in [0, 0.1) is 5.92 Å². The van der Waals surface area contributed by atoms with Gasteiger partial charge in [-0.2, -0.15) is 5.10 Å². The van der Waals surface area contributed by atoms with Gasteiger partial charge in [-0.15, -0.1) is 0 Å². The monoisotopic (exact) mass is 222 g/mol. The van der Waals surface area contributed by atoms with Crippen LogP contribution in [0.15, 0.2) is 6.07 Å². The van der Waals surface area contributed by atoms with Gasteiger partial charge in [-0.3, -0.25) is 5.10 Å². The molecule has 0 spiro atoms. The number of anilines is 1. The van der Waals surface area contributed by atoms with E-state index in [2.05, 4.69) is 28.9 Å². The number of nitrogens with one attached hydrogen (secondary N) is 1. The Balaban J connectivity index is 1.90. The normalized spacial score (nSPS) is 22.8. The Morgan fingerprint density at radius 1 is 1.62 bits per heavy atom. The Labute approximate surface area is 97.2 Å². The Bertz CT molecular complexity index is 332. The van der Waals surface area contributed by atoms with E-state index in [1.54, 1.807) is 0 Å². The van der Waals surface area contributed by atoms with Crippen molar-refractivity contribution in [2.45, 2.75) is 39.2 Å². The lowest BCUT2D eigenvalue weighted by Gasteiger charge is -2.35. The summed E-state index contributed by atoms with van der Waals surface area (Å²) in [5, 5.41) is 6.98. The van der Waals surface area contributed by atoms with Crippen LogP contribution in [-0.4, -0.2) is 34.2 Å². The second-order valence-corrected chi connectivity index (χ2v) is 5.12. The number of rotatable bonds is 3. The zero-order valence-electron chi connectivity index (χ0n) is 10.2. The highest BCUT2D eigenvalue weighted by Crippen LogP contribution is 2.21. The van der Waals surface area contributed by atoms with Crippen molar-refractivity contribution in [3.63, 3.8) is 0 Å². The van der Waals surface area contributed by atoms with Gasteiger partial charge in [0.25, 0.3) is 0 Å². The summed E-state index contributed by atoms with van der Waals surface area (Å²) >= 11 is 0. The molecule has 1 atom stereocenters. The summed E-state index contributed by atoms with van der Waals surface area (Å²) in [5.74, 6) is 1.35. The minimum Gasteiger partial charge on any atom is -0.382 e. The molecule has 3 N–H and O–H groups in total. The first-order chi connectivity index (χ1) is 7.65. The van der Waals surface area contributed by atoms with Gasteiger partial charge in [0.05, 0.1) is 0 Å². The van der Waals surface area contributed by atoms with E-state index in [4.69, 9.17) is 5.73 Å². The van der Waals surface area contributed by atoms with Crippen molar-refractivity contribution in [2.75, 3.05) is 18.8 Å². The van der Waals surface area contributed by atoms with Crippen LogP contribution < -0.4 is 5.73 Å². The molecule has 0 bridgehead atoms. The highest BCUT2D eigenvalue weighted by atomic mass is 15.2. The Hall–Kier alpha value is -1.03. The van der Waals surface area contributed by atoms with E-state index >= 15 is 0 Å². The van der Waals surface area contributed by atoms with E-state index in [-0.39, 0.29) is 0 Å². The van der Waals surface area contributed by atoms with Crippen LogP contribution in [0.3, 0.4) is 0 Å². The molecule has 2 heterocycles. The second kappa shape index (κ2) is 4.87. The molecule has 4 heteroatoms. The molecule has 1 aliphatic rings. The van der Waals surface area contributed by atoms with Crippen molar-refractivity contribution in [2.24, 2.45) is 5.92 Å². The first-order valence-electron chi connectivity index (χ1n) is 6.19. The number of nitrogens with zero attached hydrogens (tertiary/aromatic N) is 2. The summed E-state index contributed by atoms with van der Waals surface area (Å²) in [6.07, 6.45) is 3.71. The van der Waals surface area contributed by atoms with Crippen LogP contribution in [0.2, 0.25) is 0 Å². The van der Waals surface area contributed by atoms with E-state index in [1.807, 2.05) is 6.07 Å². The third-order valence-corrected chi connectivity index (χ3v) is 3.44. The van der Waals surface area contributed by atoms with Crippen LogP contribution in [0.4, 0.5) is 5.82 Å². The number of likely N-dealkylation sites (tertiary alicyclic amines) is 1. The molecule has 0 aromatic carbocycles. The molecule has 2 rings (SSSR count). The van der Waals surface area contributed by atoms with Gasteiger partial charge in [0.1, 0.15) is 5.82 Å². The number of H-pyrrole nitrogens is 1. The van der Waals surface area contributed by atoms with Gasteiger partial charge < -0.3 is 10.6 Å². The fourth-order valence-electron chi connectivity index (χ4n) is 2.53. The summed E-state index contributed by atoms with van der Waals surface area (Å²) in [4.78, 5) is 2.56. The lowest BCUT2D eigenvalue weighted by atomic mass is 9.93. The molecular formula is C12H22N4. The number of aromatic nitrogens is 2. The summed E-state index contributed by atoms with van der Waals surface area (Å²) in [6, 6.07) is 2.61. The maximum atomic E-state index is 5.61. The molecule has 16 heavy (non-hydrogen) atoms. The second-order valence-electron chi connectivity index (χ2n) is 5.12. The first-order valence-corrected chi connectivity index (χ1v) is 6.19. The van der Waals surface area contributed by atoms with E-state index in [1.165, 1.54) is 31.6 Å². The summed E-state index contributed by atoms with van der Waals surface area (Å²) in [5.41, 5.74) is 6.78. The molecule has 4 nitrogen and oxygen atoms in total. The van der Waals surface area contributed by atoms with Gasteiger partial charge in [-0.25, -0.2) is 0 Å². The van der Waals surface area contributed by atoms with Crippen molar-refractivity contribution in [3.05, 3.63) is 11.8 Å². The highest BCUT2D eigenvalue weighted by Gasteiger charge is 2.22. The minimum atomic E-state index is 0.603. The number of nitrogen functional groups attached to an aromatic ring is 1. The summed E-state index contributed by atoms with van der Waals surface area (Å²) in [6.45, 7) is 7.00. The Morgan fingerprint density at radius 3 is 3.06 bits per heavy atom. The van der Waals surface area contributed by atoms with Gasteiger partial charge in [-0.05, 0) is 45.6 Å². The predicted octanol–water partition coefficient (Wildman–Crippen LogP) is 1.65. The van der Waals surface area contributed by atoms with Gasteiger partial charge in [0, 0.05) is 24.3 Å². The number of nitrogens with two attached hydrogens (primary N) is 1. The molecule has 0 amide bonds. The lowest BCUT2D eigenvalue weighted by molar-refractivity contribution is 0.139. The maximum Gasteiger partial charge on any atom is 0.145 e. The standard InChI is InChI=1S/C12H22N4/c1-9(2)16-5-3-4-10(8-16)6-11-7-12(13)15-14-11/h7,9-10H,3-6,8H2,1-2H3,(H3,13,14,15). The van der Waals surface area contributed by atoms with Gasteiger partial charge in [0.2, 0.25) is 0 Å².